The number of halogens is 1. The van der Waals surface area contributed by atoms with Crippen LogP contribution in [0.3, 0.4) is 0 Å². The van der Waals surface area contributed by atoms with Gasteiger partial charge in [-0.3, -0.25) is 9.59 Å². The molecule has 0 aromatic heterocycles. The molecule has 28 heavy (non-hydrogen) atoms. The fourth-order valence-corrected chi connectivity index (χ4v) is 4.33. The lowest BCUT2D eigenvalue weighted by Gasteiger charge is -2.23. The smallest absolute Gasteiger partial charge is 0.237 e. The number of nitrogens with one attached hydrogen (secondary N) is 1. The zero-order valence-corrected chi connectivity index (χ0v) is 16.5. The van der Waals surface area contributed by atoms with Crippen molar-refractivity contribution >= 4 is 29.1 Å². The van der Waals surface area contributed by atoms with E-state index in [0.717, 1.165) is 16.8 Å². The minimum atomic E-state index is -0.711. The van der Waals surface area contributed by atoms with Crippen LogP contribution in [0.5, 0.6) is 11.5 Å². The van der Waals surface area contributed by atoms with Gasteiger partial charge in [0.1, 0.15) is 11.5 Å². The number of fused-ring (bicyclic) bond motifs is 2. The number of nitrogens with zero attached hydrogens (tertiary/aromatic N) is 1. The van der Waals surface area contributed by atoms with E-state index in [1.54, 1.807) is 31.3 Å². The van der Waals surface area contributed by atoms with Crippen LogP contribution in [0, 0.1) is 0 Å². The van der Waals surface area contributed by atoms with Gasteiger partial charge in [0, 0.05) is 18.8 Å². The number of carbonyl (C=O) groups is 2. The summed E-state index contributed by atoms with van der Waals surface area (Å²) < 4.78 is 10.5. The molecule has 2 aliphatic heterocycles. The SMILES string of the molecule is COc1ccc2c(c1)[C@]1(CCN(C(=O)Cc3ccc(OC)c(Cl)c3)C1)C(=O)N2. The summed E-state index contributed by atoms with van der Waals surface area (Å²) in [6.45, 7) is 0.897. The number of methoxy groups -OCH3 is 2. The van der Waals surface area contributed by atoms with Gasteiger partial charge in [0.2, 0.25) is 11.8 Å². The van der Waals surface area contributed by atoms with Crippen molar-refractivity contribution in [1.82, 2.24) is 4.90 Å². The molecule has 2 aromatic carbocycles. The Labute approximate surface area is 168 Å². The van der Waals surface area contributed by atoms with E-state index in [-0.39, 0.29) is 18.2 Å². The first-order valence-electron chi connectivity index (χ1n) is 9.07. The first kappa shape index (κ1) is 18.6. The predicted octanol–water partition coefficient (Wildman–Crippen LogP) is 3.02. The summed E-state index contributed by atoms with van der Waals surface area (Å²) >= 11 is 6.16. The maximum absolute atomic E-state index is 12.9. The number of hydrogen-bond donors (Lipinski definition) is 1. The van der Waals surface area contributed by atoms with Crippen molar-refractivity contribution in [1.29, 1.82) is 0 Å². The van der Waals surface area contributed by atoms with E-state index in [1.807, 2.05) is 24.3 Å². The molecule has 1 fully saturated rings. The Morgan fingerprint density at radius 1 is 1.21 bits per heavy atom. The lowest BCUT2D eigenvalue weighted by Crippen LogP contribution is -2.39. The largest absolute Gasteiger partial charge is 0.497 e. The van der Waals surface area contributed by atoms with Crippen molar-refractivity contribution in [2.24, 2.45) is 0 Å². The quantitative estimate of drug-likeness (QED) is 0.856. The van der Waals surface area contributed by atoms with Crippen LogP contribution in [0.2, 0.25) is 5.02 Å². The molecule has 1 N–H and O–H groups in total. The van der Waals surface area contributed by atoms with Crippen LogP contribution in [0.4, 0.5) is 5.69 Å². The monoisotopic (exact) mass is 400 g/mol. The molecule has 2 aromatic rings. The van der Waals surface area contributed by atoms with Gasteiger partial charge in [0.15, 0.2) is 0 Å². The van der Waals surface area contributed by atoms with Crippen LogP contribution in [-0.4, -0.2) is 44.0 Å². The molecular weight excluding hydrogens is 380 g/mol. The first-order chi connectivity index (χ1) is 13.5. The highest BCUT2D eigenvalue weighted by atomic mass is 35.5. The Kier molecular flexibility index (Phi) is 4.67. The number of carbonyl (C=O) groups excluding carboxylic acids is 2. The summed E-state index contributed by atoms with van der Waals surface area (Å²) in [7, 11) is 3.15. The third kappa shape index (κ3) is 2.98. The molecule has 2 aliphatic rings. The van der Waals surface area contributed by atoms with E-state index in [9.17, 15) is 9.59 Å². The molecule has 0 unspecified atom stereocenters. The second-order valence-electron chi connectivity index (χ2n) is 7.16. The summed E-state index contributed by atoms with van der Waals surface area (Å²) in [6.07, 6.45) is 0.820. The van der Waals surface area contributed by atoms with Crippen molar-refractivity contribution in [3.05, 3.63) is 52.5 Å². The molecule has 0 bridgehead atoms. The molecule has 1 saturated heterocycles. The van der Waals surface area contributed by atoms with Crippen LogP contribution >= 0.6 is 11.6 Å². The Morgan fingerprint density at radius 3 is 2.75 bits per heavy atom. The van der Waals surface area contributed by atoms with E-state index in [1.165, 1.54) is 0 Å². The highest BCUT2D eigenvalue weighted by Gasteiger charge is 2.52. The van der Waals surface area contributed by atoms with Gasteiger partial charge in [-0.2, -0.15) is 0 Å². The van der Waals surface area contributed by atoms with Gasteiger partial charge in [-0.05, 0) is 47.9 Å². The third-order valence-electron chi connectivity index (χ3n) is 5.62. The minimum absolute atomic E-state index is 0.0257. The molecular formula is C21H21ClN2O4. The lowest BCUT2D eigenvalue weighted by molar-refractivity contribution is -0.129. The maximum Gasteiger partial charge on any atom is 0.237 e. The summed E-state index contributed by atoms with van der Waals surface area (Å²) in [6, 6.07) is 10.9. The molecule has 1 atom stereocenters. The first-order valence-corrected chi connectivity index (χ1v) is 9.45. The maximum atomic E-state index is 12.9. The Balaban J connectivity index is 1.54. The Morgan fingerprint density at radius 2 is 2.04 bits per heavy atom. The fourth-order valence-electron chi connectivity index (χ4n) is 4.05. The van der Waals surface area contributed by atoms with E-state index in [0.29, 0.717) is 36.0 Å². The van der Waals surface area contributed by atoms with Gasteiger partial charge in [0.05, 0.1) is 31.1 Å². The number of ether oxygens (including phenoxy) is 2. The number of amides is 2. The number of anilines is 1. The van der Waals surface area contributed by atoms with Crippen LogP contribution < -0.4 is 14.8 Å². The predicted molar refractivity (Wildman–Crippen MR) is 106 cm³/mol. The second kappa shape index (κ2) is 7.02. The molecule has 2 amide bonds. The number of benzene rings is 2. The molecule has 6 nitrogen and oxygen atoms in total. The average molecular weight is 401 g/mol. The molecule has 4 rings (SSSR count). The normalized spacial score (nSPS) is 20.2. The second-order valence-corrected chi connectivity index (χ2v) is 7.57. The van der Waals surface area contributed by atoms with E-state index < -0.39 is 5.41 Å². The zero-order chi connectivity index (χ0) is 19.9. The van der Waals surface area contributed by atoms with Crippen molar-refractivity contribution in [2.75, 3.05) is 32.6 Å². The van der Waals surface area contributed by atoms with Crippen molar-refractivity contribution in [3.8, 4) is 11.5 Å². The summed E-state index contributed by atoms with van der Waals surface area (Å²) in [5.74, 6) is 1.19. The van der Waals surface area contributed by atoms with Crippen LogP contribution in [0.1, 0.15) is 17.5 Å². The molecule has 0 aliphatic carbocycles. The van der Waals surface area contributed by atoms with Gasteiger partial charge in [-0.25, -0.2) is 0 Å². The van der Waals surface area contributed by atoms with Gasteiger partial charge in [0.25, 0.3) is 0 Å². The number of rotatable bonds is 4. The molecule has 0 radical (unpaired) electrons. The Hall–Kier alpha value is -2.73. The molecule has 1 spiro atoms. The van der Waals surface area contributed by atoms with Gasteiger partial charge < -0.3 is 19.7 Å². The zero-order valence-electron chi connectivity index (χ0n) is 15.8. The summed E-state index contributed by atoms with van der Waals surface area (Å²) in [4.78, 5) is 27.4. The highest BCUT2D eigenvalue weighted by molar-refractivity contribution is 6.32. The van der Waals surface area contributed by atoms with Crippen LogP contribution in [0.15, 0.2) is 36.4 Å². The third-order valence-corrected chi connectivity index (χ3v) is 5.91. The van der Waals surface area contributed by atoms with Crippen LogP contribution in [0.25, 0.3) is 0 Å². The number of likely N-dealkylation sites (tertiary alicyclic amines) is 1. The van der Waals surface area contributed by atoms with E-state index in [4.69, 9.17) is 21.1 Å². The highest BCUT2D eigenvalue weighted by Crippen LogP contribution is 2.45. The topological polar surface area (TPSA) is 67.9 Å². The van der Waals surface area contributed by atoms with Gasteiger partial charge in [-0.1, -0.05) is 17.7 Å². The molecule has 2 heterocycles. The summed E-state index contributed by atoms with van der Waals surface area (Å²) in [5.41, 5.74) is 1.80. The molecule has 146 valence electrons. The average Bonchev–Trinajstić information content (AvgIpc) is 3.25. The number of hydrogen-bond acceptors (Lipinski definition) is 4. The standard InChI is InChI=1S/C21H21ClN2O4/c1-27-14-4-5-17-15(11-14)21(20(26)23-17)7-8-24(12-21)19(25)10-13-3-6-18(28-2)16(22)9-13/h3-6,9,11H,7-8,10,12H2,1-2H3,(H,23,26)/t21-/m1/s1. The van der Waals surface area contributed by atoms with Crippen molar-refractivity contribution in [3.63, 3.8) is 0 Å². The van der Waals surface area contributed by atoms with Crippen LogP contribution in [-0.2, 0) is 21.4 Å². The van der Waals surface area contributed by atoms with Crippen molar-refractivity contribution in [2.45, 2.75) is 18.3 Å². The summed E-state index contributed by atoms with van der Waals surface area (Å²) in [5, 5.41) is 3.42. The van der Waals surface area contributed by atoms with Gasteiger partial charge >= 0.3 is 0 Å². The minimum Gasteiger partial charge on any atom is -0.497 e. The van der Waals surface area contributed by atoms with E-state index in [2.05, 4.69) is 5.32 Å². The fraction of sp³-hybridized carbons (Fsp3) is 0.333. The molecule has 0 saturated carbocycles. The Bertz CT molecular complexity index is 961. The van der Waals surface area contributed by atoms with E-state index >= 15 is 0 Å². The van der Waals surface area contributed by atoms with Gasteiger partial charge in [-0.15, -0.1) is 0 Å². The molecule has 7 heteroatoms. The van der Waals surface area contributed by atoms with Crippen molar-refractivity contribution < 1.29 is 19.1 Å². The lowest BCUT2D eigenvalue weighted by atomic mass is 9.81.